The summed E-state index contributed by atoms with van der Waals surface area (Å²) in [5.41, 5.74) is 7.93. The molecule has 2 rings (SSSR count). The molecule has 0 fully saturated rings. The van der Waals surface area contributed by atoms with Crippen LogP contribution in [0.1, 0.15) is 10.4 Å². The number of hydrogen-bond donors (Lipinski definition) is 1. The molecule has 0 bridgehead atoms. The lowest BCUT2D eigenvalue weighted by atomic mass is 10.1. The van der Waals surface area contributed by atoms with Gasteiger partial charge in [0.05, 0.1) is 18.2 Å². The minimum atomic E-state index is 0.407. The summed E-state index contributed by atoms with van der Waals surface area (Å²) in [7, 11) is 0. The van der Waals surface area contributed by atoms with Gasteiger partial charge in [-0.15, -0.1) is 11.3 Å². The van der Waals surface area contributed by atoms with Gasteiger partial charge in [-0.05, 0) is 18.6 Å². The fraction of sp³-hybridized carbons (Fsp3) is 0.182. The van der Waals surface area contributed by atoms with Crippen LogP contribution in [0.3, 0.4) is 0 Å². The maximum absolute atomic E-state index is 8.62. The van der Waals surface area contributed by atoms with Gasteiger partial charge in [0.25, 0.3) is 0 Å². The van der Waals surface area contributed by atoms with Crippen molar-refractivity contribution in [3.63, 3.8) is 0 Å². The van der Waals surface area contributed by atoms with Gasteiger partial charge in [0.15, 0.2) is 0 Å². The van der Waals surface area contributed by atoms with Crippen molar-refractivity contribution in [3.8, 4) is 6.07 Å². The van der Waals surface area contributed by atoms with Gasteiger partial charge >= 0.3 is 0 Å². The van der Waals surface area contributed by atoms with E-state index >= 15 is 0 Å². The molecule has 0 amide bonds. The number of anilines is 1. The average Bonchev–Trinajstić information content (AvgIpc) is 2.44. The van der Waals surface area contributed by atoms with Gasteiger partial charge in [-0.2, -0.15) is 5.26 Å². The Balaban J connectivity index is 2.68. The standard InChI is InChI=1S/C11H10N2S/c1-7-2-3-8-10(6-7)14-9(4-5-12)11(8)13/h2-3,6H,4,13H2,1H3. The molecule has 70 valence electrons. The fourth-order valence-corrected chi connectivity index (χ4v) is 2.63. The third-order valence-corrected chi connectivity index (χ3v) is 3.37. The van der Waals surface area contributed by atoms with Gasteiger partial charge in [0, 0.05) is 15.0 Å². The lowest BCUT2D eigenvalue weighted by Gasteiger charge is -1.93. The maximum atomic E-state index is 8.62. The molecule has 0 saturated carbocycles. The second-order valence-electron chi connectivity index (χ2n) is 3.27. The summed E-state index contributed by atoms with van der Waals surface area (Å²) in [6, 6.07) is 8.31. The third-order valence-electron chi connectivity index (χ3n) is 2.20. The van der Waals surface area contributed by atoms with E-state index in [2.05, 4.69) is 19.1 Å². The zero-order chi connectivity index (χ0) is 10.1. The van der Waals surface area contributed by atoms with Crippen molar-refractivity contribution in [1.29, 1.82) is 5.26 Å². The minimum absolute atomic E-state index is 0.407. The van der Waals surface area contributed by atoms with Crippen molar-refractivity contribution in [3.05, 3.63) is 28.6 Å². The SMILES string of the molecule is Cc1ccc2c(N)c(CC#N)sc2c1. The van der Waals surface area contributed by atoms with Crippen LogP contribution in [-0.2, 0) is 6.42 Å². The Morgan fingerprint density at radius 1 is 1.50 bits per heavy atom. The number of rotatable bonds is 1. The second kappa shape index (κ2) is 3.32. The highest BCUT2D eigenvalue weighted by atomic mass is 32.1. The van der Waals surface area contributed by atoms with Gasteiger partial charge in [0.2, 0.25) is 0 Å². The predicted octanol–water partition coefficient (Wildman–Crippen LogP) is 2.86. The fourth-order valence-electron chi connectivity index (χ4n) is 1.48. The molecule has 1 heterocycles. The molecule has 1 aromatic heterocycles. The van der Waals surface area contributed by atoms with E-state index in [1.165, 1.54) is 10.3 Å². The number of nitrogens with two attached hydrogens (primary N) is 1. The summed E-state index contributed by atoms with van der Waals surface area (Å²) in [4.78, 5) is 0.980. The molecule has 2 aromatic rings. The van der Waals surface area contributed by atoms with Crippen LogP contribution in [0.4, 0.5) is 5.69 Å². The number of nitriles is 1. The van der Waals surface area contributed by atoms with Crippen molar-refractivity contribution < 1.29 is 0 Å². The molecule has 0 radical (unpaired) electrons. The summed E-state index contributed by atoms with van der Waals surface area (Å²) < 4.78 is 1.17. The number of hydrogen-bond acceptors (Lipinski definition) is 3. The summed E-state index contributed by atoms with van der Waals surface area (Å²) in [6.45, 7) is 2.05. The molecule has 0 saturated heterocycles. The zero-order valence-electron chi connectivity index (χ0n) is 7.87. The smallest absolute Gasteiger partial charge is 0.0716 e. The quantitative estimate of drug-likeness (QED) is 0.773. The van der Waals surface area contributed by atoms with Gasteiger partial charge in [-0.3, -0.25) is 0 Å². The molecular weight excluding hydrogens is 192 g/mol. The first-order valence-electron chi connectivity index (χ1n) is 4.37. The van der Waals surface area contributed by atoms with Gasteiger partial charge in [-0.1, -0.05) is 12.1 Å². The number of thiophene rings is 1. The number of aryl methyl sites for hydroxylation is 1. The normalized spacial score (nSPS) is 10.3. The summed E-state index contributed by atoms with van der Waals surface area (Å²) in [5.74, 6) is 0. The monoisotopic (exact) mass is 202 g/mol. The van der Waals surface area contributed by atoms with E-state index in [1.54, 1.807) is 11.3 Å². The Kier molecular flexibility index (Phi) is 2.14. The number of nitrogens with zero attached hydrogens (tertiary/aromatic N) is 1. The lowest BCUT2D eigenvalue weighted by Crippen LogP contribution is -1.87. The Hall–Kier alpha value is -1.53. The molecule has 3 heteroatoms. The maximum Gasteiger partial charge on any atom is 0.0716 e. The van der Waals surface area contributed by atoms with Crippen LogP contribution in [0.15, 0.2) is 18.2 Å². The first-order valence-corrected chi connectivity index (χ1v) is 5.18. The zero-order valence-corrected chi connectivity index (χ0v) is 8.69. The molecule has 1 aromatic carbocycles. The van der Waals surface area contributed by atoms with Gasteiger partial charge in [0.1, 0.15) is 0 Å². The van der Waals surface area contributed by atoms with E-state index in [0.29, 0.717) is 6.42 Å². The molecule has 0 aliphatic carbocycles. The van der Waals surface area contributed by atoms with Crippen LogP contribution in [0.2, 0.25) is 0 Å². The summed E-state index contributed by atoms with van der Waals surface area (Å²) in [5, 5.41) is 9.70. The van der Waals surface area contributed by atoms with Crippen molar-refractivity contribution in [2.45, 2.75) is 13.3 Å². The van der Waals surface area contributed by atoms with E-state index in [0.717, 1.165) is 16.0 Å². The van der Waals surface area contributed by atoms with Crippen LogP contribution in [0, 0.1) is 18.3 Å². The third kappa shape index (κ3) is 1.34. The highest BCUT2D eigenvalue weighted by molar-refractivity contribution is 7.19. The van der Waals surface area contributed by atoms with E-state index in [4.69, 9.17) is 11.0 Å². The Morgan fingerprint density at radius 3 is 3.00 bits per heavy atom. The molecule has 0 aliphatic heterocycles. The Bertz CT molecular complexity index is 520. The van der Waals surface area contributed by atoms with Crippen LogP contribution in [0.25, 0.3) is 10.1 Å². The predicted molar refractivity (Wildman–Crippen MR) is 60.3 cm³/mol. The highest BCUT2D eigenvalue weighted by Gasteiger charge is 2.08. The number of fused-ring (bicyclic) bond motifs is 1. The minimum Gasteiger partial charge on any atom is -0.397 e. The molecular formula is C11H10N2S. The lowest BCUT2D eigenvalue weighted by molar-refractivity contribution is 1.32. The van der Waals surface area contributed by atoms with Gasteiger partial charge < -0.3 is 5.73 Å². The average molecular weight is 202 g/mol. The summed E-state index contributed by atoms with van der Waals surface area (Å²) >= 11 is 1.62. The second-order valence-corrected chi connectivity index (χ2v) is 4.41. The van der Waals surface area contributed by atoms with E-state index < -0.39 is 0 Å². The van der Waals surface area contributed by atoms with Crippen molar-refractivity contribution >= 4 is 27.1 Å². The molecule has 0 unspecified atom stereocenters. The van der Waals surface area contributed by atoms with Gasteiger partial charge in [-0.25, -0.2) is 0 Å². The van der Waals surface area contributed by atoms with Crippen LogP contribution < -0.4 is 5.73 Å². The van der Waals surface area contributed by atoms with Crippen LogP contribution in [0.5, 0.6) is 0 Å². The topological polar surface area (TPSA) is 49.8 Å². The van der Waals surface area contributed by atoms with E-state index in [1.807, 2.05) is 12.1 Å². The van der Waals surface area contributed by atoms with E-state index in [9.17, 15) is 0 Å². The molecule has 2 nitrogen and oxygen atoms in total. The van der Waals surface area contributed by atoms with Crippen LogP contribution in [-0.4, -0.2) is 0 Å². The number of benzene rings is 1. The van der Waals surface area contributed by atoms with Crippen LogP contribution >= 0.6 is 11.3 Å². The highest BCUT2D eigenvalue weighted by Crippen LogP contribution is 2.34. The van der Waals surface area contributed by atoms with Crippen molar-refractivity contribution in [1.82, 2.24) is 0 Å². The molecule has 0 aliphatic rings. The van der Waals surface area contributed by atoms with Crippen molar-refractivity contribution in [2.24, 2.45) is 0 Å². The molecule has 0 atom stereocenters. The molecule has 2 N–H and O–H groups in total. The number of nitrogen functional groups attached to an aromatic ring is 1. The van der Waals surface area contributed by atoms with E-state index in [-0.39, 0.29) is 0 Å². The first-order chi connectivity index (χ1) is 6.72. The molecule has 0 spiro atoms. The first kappa shape index (κ1) is 9.04. The molecule has 14 heavy (non-hydrogen) atoms. The summed E-state index contributed by atoms with van der Waals surface area (Å²) in [6.07, 6.45) is 0.407. The Morgan fingerprint density at radius 2 is 2.29 bits per heavy atom. The largest absolute Gasteiger partial charge is 0.397 e. The van der Waals surface area contributed by atoms with Crippen molar-refractivity contribution in [2.75, 3.05) is 5.73 Å². The Labute approximate surface area is 86.6 Å².